The van der Waals surface area contributed by atoms with Crippen molar-refractivity contribution in [2.24, 2.45) is 5.92 Å². The lowest BCUT2D eigenvalue weighted by atomic mass is 10.1. The lowest BCUT2D eigenvalue weighted by Crippen LogP contribution is -2.23. The zero-order chi connectivity index (χ0) is 14.8. The molecule has 1 atom stereocenters. The van der Waals surface area contributed by atoms with Gasteiger partial charge in [-0.15, -0.1) is 0 Å². The van der Waals surface area contributed by atoms with Gasteiger partial charge in [-0.05, 0) is 24.6 Å². The molecule has 0 radical (unpaired) electrons. The van der Waals surface area contributed by atoms with E-state index in [0.717, 1.165) is 12.1 Å². The summed E-state index contributed by atoms with van der Waals surface area (Å²) in [6.07, 6.45) is -4.09. The highest BCUT2D eigenvalue weighted by molar-refractivity contribution is 5.93. The number of amides is 1. The molecule has 0 aromatic heterocycles. The predicted molar refractivity (Wildman–Crippen MR) is 63.7 cm³/mol. The zero-order valence-electron chi connectivity index (χ0n) is 10.3. The smallest absolute Gasteiger partial charge is 0.381 e. The fourth-order valence-corrected chi connectivity index (χ4v) is 1.94. The van der Waals surface area contributed by atoms with E-state index in [2.05, 4.69) is 5.32 Å². The summed E-state index contributed by atoms with van der Waals surface area (Å²) < 4.78 is 43.4. The Morgan fingerprint density at radius 1 is 1.45 bits per heavy atom. The van der Waals surface area contributed by atoms with Crippen LogP contribution < -0.4 is 5.32 Å². The molecule has 0 aliphatic carbocycles. The number of anilines is 1. The topological polar surface area (TPSA) is 62.1 Å². The van der Waals surface area contributed by atoms with E-state index in [9.17, 15) is 18.0 Å². The quantitative estimate of drug-likeness (QED) is 0.907. The largest absolute Gasteiger partial charge is 0.417 e. The standard InChI is InChI=1S/C13H11F3N2O2/c14-13(15,16)11-5-10(2-1-8(11)6-17)18-12(19)9-3-4-20-7-9/h1-2,5,9H,3-4,7H2,(H,18,19). The van der Waals surface area contributed by atoms with Gasteiger partial charge in [0.2, 0.25) is 5.91 Å². The minimum Gasteiger partial charge on any atom is -0.381 e. The minimum absolute atomic E-state index is 0.0215. The number of alkyl halides is 3. The average molecular weight is 284 g/mol. The van der Waals surface area contributed by atoms with Crippen molar-refractivity contribution in [3.8, 4) is 6.07 Å². The van der Waals surface area contributed by atoms with E-state index in [1.54, 1.807) is 0 Å². The summed E-state index contributed by atoms with van der Waals surface area (Å²) in [6.45, 7) is 0.744. The Bertz CT molecular complexity index is 558. The maximum Gasteiger partial charge on any atom is 0.417 e. The fraction of sp³-hybridized carbons (Fsp3) is 0.385. The van der Waals surface area contributed by atoms with Crippen molar-refractivity contribution in [1.82, 2.24) is 0 Å². The molecule has 2 rings (SSSR count). The lowest BCUT2D eigenvalue weighted by Gasteiger charge is -2.13. The lowest BCUT2D eigenvalue weighted by molar-refractivity contribution is -0.137. The van der Waals surface area contributed by atoms with E-state index in [1.807, 2.05) is 0 Å². The molecule has 0 saturated carbocycles. The van der Waals surface area contributed by atoms with Gasteiger partial charge >= 0.3 is 6.18 Å². The van der Waals surface area contributed by atoms with Crippen molar-refractivity contribution in [2.45, 2.75) is 12.6 Å². The number of carbonyl (C=O) groups excluding carboxylic acids is 1. The van der Waals surface area contributed by atoms with Crippen LogP contribution in [-0.4, -0.2) is 19.1 Å². The third kappa shape index (κ3) is 3.08. The Labute approximate surface area is 113 Å². The molecular weight excluding hydrogens is 273 g/mol. The number of nitrogens with zero attached hydrogens (tertiary/aromatic N) is 1. The highest BCUT2D eigenvalue weighted by Gasteiger charge is 2.34. The second-order valence-electron chi connectivity index (χ2n) is 4.42. The zero-order valence-corrected chi connectivity index (χ0v) is 10.3. The van der Waals surface area contributed by atoms with Gasteiger partial charge in [0.25, 0.3) is 0 Å². The van der Waals surface area contributed by atoms with E-state index >= 15 is 0 Å². The van der Waals surface area contributed by atoms with E-state index < -0.39 is 17.3 Å². The molecule has 1 N–H and O–H groups in total. The third-order valence-electron chi connectivity index (χ3n) is 3.01. The number of hydrogen-bond acceptors (Lipinski definition) is 3. The van der Waals surface area contributed by atoms with Gasteiger partial charge in [0.1, 0.15) is 0 Å². The van der Waals surface area contributed by atoms with Crippen LogP contribution in [-0.2, 0) is 15.7 Å². The first-order valence-electron chi connectivity index (χ1n) is 5.92. The minimum atomic E-state index is -4.64. The number of nitrogens with one attached hydrogen (secondary N) is 1. The summed E-state index contributed by atoms with van der Waals surface area (Å²) in [7, 11) is 0. The Balaban J connectivity index is 2.21. The van der Waals surface area contributed by atoms with Crippen molar-refractivity contribution in [3.05, 3.63) is 29.3 Å². The van der Waals surface area contributed by atoms with Crippen molar-refractivity contribution >= 4 is 11.6 Å². The summed E-state index contributed by atoms with van der Waals surface area (Å²) in [6, 6.07) is 4.58. The van der Waals surface area contributed by atoms with E-state index in [-0.39, 0.29) is 24.1 Å². The molecule has 1 aliphatic heterocycles. The molecule has 1 heterocycles. The second-order valence-corrected chi connectivity index (χ2v) is 4.42. The van der Waals surface area contributed by atoms with Crippen LogP contribution in [0.3, 0.4) is 0 Å². The van der Waals surface area contributed by atoms with Crippen LogP contribution in [0, 0.1) is 17.2 Å². The molecule has 20 heavy (non-hydrogen) atoms. The van der Waals surface area contributed by atoms with Gasteiger partial charge in [-0.3, -0.25) is 4.79 Å². The van der Waals surface area contributed by atoms with Crippen LogP contribution in [0.5, 0.6) is 0 Å². The number of nitriles is 1. The number of carbonyl (C=O) groups is 1. The van der Waals surface area contributed by atoms with Gasteiger partial charge in [0.05, 0.1) is 29.7 Å². The monoisotopic (exact) mass is 284 g/mol. The van der Waals surface area contributed by atoms with Gasteiger partial charge in [-0.2, -0.15) is 18.4 Å². The van der Waals surface area contributed by atoms with E-state index in [4.69, 9.17) is 10.00 Å². The summed E-state index contributed by atoms with van der Waals surface area (Å²) in [5.41, 5.74) is -1.51. The molecule has 0 spiro atoms. The maximum absolute atomic E-state index is 12.8. The molecule has 7 heteroatoms. The Morgan fingerprint density at radius 3 is 2.75 bits per heavy atom. The number of hydrogen-bond donors (Lipinski definition) is 1. The third-order valence-corrected chi connectivity index (χ3v) is 3.01. The van der Waals surface area contributed by atoms with Crippen LogP contribution >= 0.6 is 0 Å². The molecule has 106 valence electrons. The first-order valence-corrected chi connectivity index (χ1v) is 5.92. The number of ether oxygens (including phenoxy) is 1. The summed E-state index contributed by atoms with van der Waals surface area (Å²) in [4.78, 5) is 11.8. The number of rotatable bonds is 2. The van der Waals surface area contributed by atoms with Gasteiger partial charge < -0.3 is 10.1 Å². The normalized spacial score (nSPS) is 18.6. The molecule has 1 aromatic carbocycles. The van der Waals surface area contributed by atoms with Gasteiger partial charge in [-0.1, -0.05) is 0 Å². The maximum atomic E-state index is 12.8. The molecule has 1 fully saturated rings. The number of halogens is 3. The summed E-state index contributed by atoms with van der Waals surface area (Å²) in [5, 5.41) is 11.1. The van der Waals surface area contributed by atoms with Gasteiger partial charge in [0, 0.05) is 12.3 Å². The van der Waals surface area contributed by atoms with Crippen molar-refractivity contribution < 1.29 is 22.7 Å². The fourth-order valence-electron chi connectivity index (χ4n) is 1.94. The molecule has 0 bridgehead atoms. The second kappa shape index (κ2) is 5.51. The first-order chi connectivity index (χ1) is 9.41. The molecule has 1 amide bonds. The molecule has 1 unspecified atom stereocenters. The molecule has 1 aromatic rings. The Morgan fingerprint density at radius 2 is 2.20 bits per heavy atom. The highest BCUT2D eigenvalue weighted by Crippen LogP contribution is 2.33. The van der Waals surface area contributed by atoms with Gasteiger partial charge in [0.15, 0.2) is 0 Å². The summed E-state index contributed by atoms with van der Waals surface area (Å²) in [5.74, 6) is -0.722. The van der Waals surface area contributed by atoms with Crippen LogP contribution in [0.25, 0.3) is 0 Å². The average Bonchev–Trinajstić information content (AvgIpc) is 2.91. The van der Waals surface area contributed by atoms with Crippen LogP contribution in [0.2, 0.25) is 0 Å². The molecular formula is C13H11F3N2O2. The Kier molecular flexibility index (Phi) is 3.95. The van der Waals surface area contributed by atoms with E-state index in [1.165, 1.54) is 12.1 Å². The predicted octanol–water partition coefficient (Wildman–Crippen LogP) is 2.55. The molecule has 1 aliphatic rings. The van der Waals surface area contributed by atoms with Crippen LogP contribution in [0.4, 0.5) is 18.9 Å². The van der Waals surface area contributed by atoms with E-state index in [0.29, 0.717) is 13.0 Å². The molecule has 1 saturated heterocycles. The summed E-state index contributed by atoms with van der Waals surface area (Å²) >= 11 is 0. The van der Waals surface area contributed by atoms with Crippen molar-refractivity contribution in [3.63, 3.8) is 0 Å². The number of benzene rings is 1. The van der Waals surface area contributed by atoms with Crippen molar-refractivity contribution in [2.75, 3.05) is 18.5 Å². The SMILES string of the molecule is N#Cc1ccc(NC(=O)C2CCOC2)cc1C(F)(F)F. The highest BCUT2D eigenvalue weighted by atomic mass is 19.4. The van der Waals surface area contributed by atoms with Crippen molar-refractivity contribution in [1.29, 1.82) is 5.26 Å². The first kappa shape index (κ1) is 14.3. The molecule has 4 nitrogen and oxygen atoms in total. The van der Waals surface area contributed by atoms with Crippen LogP contribution in [0.15, 0.2) is 18.2 Å². The van der Waals surface area contributed by atoms with Gasteiger partial charge in [-0.25, -0.2) is 0 Å². The Hall–Kier alpha value is -2.07. The van der Waals surface area contributed by atoms with Crippen LogP contribution in [0.1, 0.15) is 17.5 Å².